The number of hydrogen-bond acceptors (Lipinski definition) is 1. The van der Waals surface area contributed by atoms with Crippen molar-refractivity contribution < 1.29 is 0 Å². The summed E-state index contributed by atoms with van der Waals surface area (Å²) >= 11 is 3.85. The van der Waals surface area contributed by atoms with E-state index in [0.717, 1.165) is 6.04 Å². The Labute approximate surface area is 120 Å². The standard InChI is InChI=1S/C16H24BrN/c1-18(16-12-6-5-11-15(16)17)13-7-10-14-8-3-2-4-9-14/h2-4,8-9,15-16H,5-7,10-13H2,1H3. The molecule has 1 aromatic rings. The third kappa shape index (κ3) is 4.10. The van der Waals surface area contributed by atoms with Crippen molar-refractivity contribution in [2.24, 2.45) is 0 Å². The van der Waals surface area contributed by atoms with Crippen LogP contribution in [0.25, 0.3) is 0 Å². The molecule has 0 aliphatic heterocycles. The van der Waals surface area contributed by atoms with Crippen LogP contribution in [0.3, 0.4) is 0 Å². The Bertz CT molecular complexity index is 338. The lowest BCUT2D eigenvalue weighted by Gasteiger charge is -2.35. The van der Waals surface area contributed by atoms with Gasteiger partial charge in [-0.05, 0) is 44.8 Å². The minimum Gasteiger partial charge on any atom is -0.302 e. The van der Waals surface area contributed by atoms with Crippen LogP contribution in [0.1, 0.15) is 37.7 Å². The Morgan fingerprint density at radius 3 is 2.61 bits per heavy atom. The molecule has 1 aliphatic carbocycles. The van der Waals surface area contributed by atoms with Gasteiger partial charge in [-0.3, -0.25) is 0 Å². The van der Waals surface area contributed by atoms with Gasteiger partial charge >= 0.3 is 0 Å². The molecule has 0 saturated heterocycles. The molecular weight excluding hydrogens is 286 g/mol. The molecule has 18 heavy (non-hydrogen) atoms. The first-order chi connectivity index (χ1) is 8.77. The molecule has 0 radical (unpaired) electrons. The van der Waals surface area contributed by atoms with Crippen molar-refractivity contribution in [3.05, 3.63) is 35.9 Å². The minimum atomic E-state index is 0.702. The van der Waals surface area contributed by atoms with E-state index < -0.39 is 0 Å². The van der Waals surface area contributed by atoms with Crippen molar-refractivity contribution in [1.82, 2.24) is 4.90 Å². The molecule has 2 atom stereocenters. The zero-order valence-corrected chi connectivity index (χ0v) is 12.9. The summed E-state index contributed by atoms with van der Waals surface area (Å²) in [5, 5.41) is 0. The van der Waals surface area contributed by atoms with Gasteiger partial charge in [-0.25, -0.2) is 0 Å². The smallest absolute Gasteiger partial charge is 0.0301 e. The highest BCUT2D eigenvalue weighted by molar-refractivity contribution is 9.09. The molecule has 1 aliphatic rings. The molecule has 1 aromatic carbocycles. The van der Waals surface area contributed by atoms with E-state index in [1.54, 1.807) is 0 Å². The molecule has 0 spiro atoms. The minimum absolute atomic E-state index is 0.702. The lowest BCUT2D eigenvalue weighted by molar-refractivity contribution is 0.198. The fourth-order valence-corrected chi connectivity index (χ4v) is 3.90. The Balaban J connectivity index is 1.72. The van der Waals surface area contributed by atoms with Crippen LogP contribution in [-0.2, 0) is 6.42 Å². The van der Waals surface area contributed by atoms with Crippen LogP contribution in [0.2, 0.25) is 0 Å². The molecule has 0 amide bonds. The molecule has 2 rings (SSSR count). The molecule has 0 heterocycles. The predicted molar refractivity (Wildman–Crippen MR) is 82.4 cm³/mol. The molecule has 1 nitrogen and oxygen atoms in total. The summed E-state index contributed by atoms with van der Waals surface area (Å²) in [5.41, 5.74) is 1.46. The molecule has 0 N–H and O–H groups in total. The van der Waals surface area contributed by atoms with Crippen LogP contribution in [0.15, 0.2) is 30.3 Å². The first-order valence-electron chi connectivity index (χ1n) is 7.15. The van der Waals surface area contributed by atoms with E-state index in [0.29, 0.717) is 4.83 Å². The van der Waals surface area contributed by atoms with E-state index in [-0.39, 0.29) is 0 Å². The largest absolute Gasteiger partial charge is 0.302 e. The Hall–Kier alpha value is -0.340. The summed E-state index contributed by atoms with van der Waals surface area (Å²) < 4.78 is 0. The first kappa shape index (κ1) is 14.1. The summed E-state index contributed by atoms with van der Waals surface area (Å²) in [4.78, 5) is 3.26. The topological polar surface area (TPSA) is 3.24 Å². The maximum Gasteiger partial charge on any atom is 0.0301 e. The molecule has 0 bridgehead atoms. The third-order valence-electron chi connectivity index (χ3n) is 4.03. The number of alkyl halides is 1. The predicted octanol–water partition coefficient (Wildman–Crippen LogP) is 4.26. The summed E-state index contributed by atoms with van der Waals surface area (Å²) in [7, 11) is 2.29. The van der Waals surface area contributed by atoms with Gasteiger partial charge in [0.15, 0.2) is 0 Å². The van der Waals surface area contributed by atoms with Crippen LogP contribution in [0.4, 0.5) is 0 Å². The maximum atomic E-state index is 3.85. The van der Waals surface area contributed by atoms with Gasteiger partial charge < -0.3 is 4.90 Å². The normalized spacial score (nSPS) is 24.4. The van der Waals surface area contributed by atoms with Crippen molar-refractivity contribution in [2.45, 2.75) is 49.4 Å². The van der Waals surface area contributed by atoms with Gasteiger partial charge in [0.05, 0.1) is 0 Å². The van der Waals surface area contributed by atoms with Crippen LogP contribution >= 0.6 is 15.9 Å². The van der Waals surface area contributed by atoms with Crippen LogP contribution in [0, 0.1) is 0 Å². The van der Waals surface area contributed by atoms with Gasteiger partial charge in [0, 0.05) is 10.9 Å². The first-order valence-corrected chi connectivity index (χ1v) is 8.07. The zero-order valence-electron chi connectivity index (χ0n) is 11.3. The summed E-state index contributed by atoms with van der Waals surface area (Å²) in [6.45, 7) is 1.21. The summed E-state index contributed by atoms with van der Waals surface area (Å²) in [5.74, 6) is 0. The number of aryl methyl sites for hydroxylation is 1. The van der Waals surface area contributed by atoms with Crippen molar-refractivity contribution >= 4 is 15.9 Å². The second kappa shape index (κ2) is 7.30. The van der Waals surface area contributed by atoms with Crippen molar-refractivity contribution in [2.75, 3.05) is 13.6 Å². The molecule has 1 saturated carbocycles. The highest BCUT2D eigenvalue weighted by Crippen LogP contribution is 2.27. The fourth-order valence-electron chi connectivity index (χ4n) is 2.91. The number of hydrogen-bond donors (Lipinski definition) is 0. The van der Waals surface area contributed by atoms with Gasteiger partial charge in [0.1, 0.15) is 0 Å². The molecule has 2 unspecified atom stereocenters. The molecule has 1 fully saturated rings. The van der Waals surface area contributed by atoms with Gasteiger partial charge in [-0.15, -0.1) is 0 Å². The van der Waals surface area contributed by atoms with Gasteiger partial charge in [-0.2, -0.15) is 0 Å². The second-order valence-corrected chi connectivity index (χ2v) is 6.61. The van der Waals surface area contributed by atoms with Gasteiger partial charge in [0.25, 0.3) is 0 Å². The Morgan fingerprint density at radius 2 is 1.89 bits per heavy atom. The van der Waals surface area contributed by atoms with Crippen LogP contribution in [0.5, 0.6) is 0 Å². The highest BCUT2D eigenvalue weighted by Gasteiger charge is 2.25. The quantitative estimate of drug-likeness (QED) is 0.735. The molecular formula is C16H24BrN. The third-order valence-corrected chi connectivity index (χ3v) is 5.10. The maximum absolute atomic E-state index is 3.85. The van der Waals surface area contributed by atoms with E-state index in [2.05, 4.69) is 58.2 Å². The van der Waals surface area contributed by atoms with Crippen LogP contribution in [-0.4, -0.2) is 29.4 Å². The monoisotopic (exact) mass is 309 g/mol. The van der Waals surface area contributed by atoms with Crippen molar-refractivity contribution in [1.29, 1.82) is 0 Å². The average Bonchev–Trinajstić information content (AvgIpc) is 2.40. The number of benzene rings is 1. The summed E-state index contributed by atoms with van der Waals surface area (Å²) in [6, 6.07) is 11.6. The molecule has 0 aromatic heterocycles. The van der Waals surface area contributed by atoms with Crippen molar-refractivity contribution in [3.8, 4) is 0 Å². The van der Waals surface area contributed by atoms with E-state index in [1.807, 2.05) is 0 Å². The van der Waals surface area contributed by atoms with E-state index in [1.165, 1.54) is 50.6 Å². The lowest BCUT2D eigenvalue weighted by atomic mass is 9.94. The second-order valence-electron chi connectivity index (χ2n) is 5.44. The SMILES string of the molecule is CN(CCCc1ccccc1)C1CCCCC1Br. The van der Waals surface area contributed by atoms with Gasteiger partial charge in [0.2, 0.25) is 0 Å². The van der Waals surface area contributed by atoms with E-state index in [4.69, 9.17) is 0 Å². The van der Waals surface area contributed by atoms with Crippen molar-refractivity contribution in [3.63, 3.8) is 0 Å². The Morgan fingerprint density at radius 1 is 1.17 bits per heavy atom. The van der Waals surface area contributed by atoms with E-state index in [9.17, 15) is 0 Å². The number of rotatable bonds is 5. The van der Waals surface area contributed by atoms with Crippen LogP contribution < -0.4 is 0 Å². The zero-order chi connectivity index (χ0) is 12.8. The van der Waals surface area contributed by atoms with E-state index >= 15 is 0 Å². The lowest BCUT2D eigenvalue weighted by Crippen LogP contribution is -2.41. The number of halogens is 1. The molecule has 2 heteroatoms. The van der Waals surface area contributed by atoms with Gasteiger partial charge in [-0.1, -0.05) is 59.1 Å². The number of nitrogens with zero attached hydrogens (tertiary/aromatic N) is 1. The summed E-state index contributed by atoms with van der Waals surface area (Å²) in [6.07, 6.45) is 7.95. The fraction of sp³-hybridized carbons (Fsp3) is 0.625. The highest BCUT2D eigenvalue weighted by atomic mass is 79.9. The average molecular weight is 310 g/mol. The Kier molecular flexibility index (Phi) is 5.71. The molecule has 100 valence electrons.